The molecule has 21 heavy (non-hydrogen) atoms. The van der Waals surface area contributed by atoms with Crippen molar-refractivity contribution in [1.29, 1.82) is 0 Å². The molecular weight excluding hydrogens is 380 g/mol. The third-order valence-electron chi connectivity index (χ3n) is 2.69. The number of hydrogen-bond acceptors (Lipinski definition) is 5. The van der Waals surface area contributed by atoms with Gasteiger partial charge in [0, 0.05) is 15.7 Å². The van der Waals surface area contributed by atoms with Crippen LogP contribution in [0.15, 0.2) is 39.8 Å². The van der Waals surface area contributed by atoms with Crippen LogP contribution in [0.4, 0.5) is 11.5 Å². The van der Waals surface area contributed by atoms with Crippen LogP contribution in [0.3, 0.4) is 0 Å². The van der Waals surface area contributed by atoms with Crippen LogP contribution in [0, 0.1) is 6.92 Å². The maximum absolute atomic E-state index is 12.4. The summed E-state index contributed by atoms with van der Waals surface area (Å²) in [6.07, 6.45) is 1.44. The first kappa shape index (κ1) is 16.0. The molecule has 1 heterocycles. The molecule has 6 nitrogen and oxygen atoms in total. The first-order chi connectivity index (χ1) is 9.85. The molecule has 0 amide bonds. The molecule has 4 N–H and O–H groups in total. The molecule has 0 atom stereocenters. The highest BCUT2D eigenvalue weighted by molar-refractivity contribution is 9.10. The first-order valence-electron chi connectivity index (χ1n) is 5.75. The van der Waals surface area contributed by atoms with Crippen LogP contribution >= 0.6 is 27.5 Å². The van der Waals surface area contributed by atoms with Crippen molar-refractivity contribution in [2.75, 3.05) is 10.1 Å². The number of nitrogens with zero attached hydrogens (tertiary/aromatic N) is 1. The number of hydrogen-bond donors (Lipinski definition) is 3. The Bertz CT molecular complexity index is 783. The molecule has 0 aliphatic carbocycles. The highest BCUT2D eigenvalue weighted by atomic mass is 79.9. The van der Waals surface area contributed by atoms with Crippen LogP contribution in [-0.2, 0) is 10.0 Å². The standard InChI is InChI=1S/C12H12BrClN4O2S/c1-7-5-8(13)10(6-9(7)14)18-21(19,20)11-3-2-4-16-12(11)17-15/h2-6,18H,15H2,1H3,(H,16,17). The lowest BCUT2D eigenvalue weighted by Crippen LogP contribution is -2.18. The number of aromatic nitrogens is 1. The number of anilines is 2. The van der Waals surface area contributed by atoms with Gasteiger partial charge >= 0.3 is 0 Å². The summed E-state index contributed by atoms with van der Waals surface area (Å²) < 4.78 is 27.9. The van der Waals surface area contributed by atoms with E-state index >= 15 is 0 Å². The third-order valence-corrected chi connectivity index (χ3v) is 5.15. The minimum Gasteiger partial charge on any atom is -0.307 e. The maximum Gasteiger partial charge on any atom is 0.265 e. The molecule has 0 bridgehead atoms. The van der Waals surface area contributed by atoms with Crippen molar-refractivity contribution >= 4 is 49.1 Å². The van der Waals surface area contributed by atoms with Gasteiger partial charge in [-0.15, -0.1) is 0 Å². The molecular formula is C12H12BrClN4O2S. The average Bonchev–Trinajstić information content (AvgIpc) is 2.44. The van der Waals surface area contributed by atoms with Gasteiger partial charge in [-0.2, -0.15) is 0 Å². The minimum absolute atomic E-state index is 0.0549. The van der Waals surface area contributed by atoms with Crippen molar-refractivity contribution in [2.45, 2.75) is 11.8 Å². The Balaban J connectivity index is 2.45. The Hall–Kier alpha value is -1.35. The summed E-state index contributed by atoms with van der Waals surface area (Å²) in [5, 5.41) is 0.458. The quantitative estimate of drug-likeness (QED) is 0.550. The summed E-state index contributed by atoms with van der Waals surface area (Å²) in [5.74, 6) is 5.33. The predicted octanol–water partition coefficient (Wildman–Crippen LogP) is 2.89. The number of nitrogen functional groups attached to an aromatic ring is 1. The monoisotopic (exact) mass is 390 g/mol. The lowest BCUT2D eigenvalue weighted by atomic mass is 10.2. The molecule has 1 aromatic heterocycles. The van der Waals surface area contributed by atoms with E-state index in [0.29, 0.717) is 15.2 Å². The molecule has 2 rings (SSSR count). The van der Waals surface area contributed by atoms with Crippen molar-refractivity contribution in [3.8, 4) is 0 Å². The van der Waals surface area contributed by atoms with Crippen molar-refractivity contribution in [3.63, 3.8) is 0 Å². The summed E-state index contributed by atoms with van der Waals surface area (Å²) in [7, 11) is -3.85. The van der Waals surface area contributed by atoms with Crippen molar-refractivity contribution < 1.29 is 8.42 Å². The maximum atomic E-state index is 12.4. The van der Waals surface area contributed by atoms with Gasteiger partial charge in [0.2, 0.25) is 0 Å². The van der Waals surface area contributed by atoms with Crippen molar-refractivity contribution in [1.82, 2.24) is 4.98 Å². The largest absolute Gasteiger partial charge is 0.307 e. The Morgan fingerprint density at radius 1 is 1.38 bits per heavy atom. The second-order valence-corrected chi connectivity index (χ2v) is 7.09. The van der Waals surface area contributed by atoms with E-state index in [1.54, 1.807) is 6.07 Å². The minimum atomic E-state index is -3.85. The van der Waals surface area contributed by atoms with E-state index in [2.05, 4.69) is 31.1 Å². The van der Waals surface area contributed by atoms with Crippen LogP contribution in [0.5, 0.6) is 0 Å². The Kier molecular flexibility index (Phi) is 4.72. The summed E-state index contributed by atoms with van der Waals surface area (Å²) >= 11 is 9.32. The molecule has 0 saturated carbocycles. The highest BCUT2D eigenvalue weighted by Crippen LogP contribution is 2.31. The second-order valence-electron chi connectivity index (χ2n) is 4.18. The molecule has 112 valence electrons. The molecule has 9 heteroatoms. The summed E-state index contributed by atoms with van der Waals surface area (Å²) in [6.45, 7) is 1.82. The Morgan fingerprint density at radius 3 is 2.76 bits per heavy atom. The van der Waals surface area contributed by atoms with Crippen LogP contribution in [0.2, 0.25) is 5.02 Å². The lowest BCUT2D eigenvalue weighted by Gasteiger charge is -2.13. The molecule has 0 radical (unpaired) electrons. The number of halogens is 2. The van der Waals surface area contributed by atoms with E-state index < -0.39 is 10.0 Å². The van der Waals surface area contributed by atoms with Crippen LogP contribution in [-0.4, -0.2) is 13.4 Å². The van der Waals surface area contributed by atoms with E-state index in [0.717, 1.165) is 5.56 Å². The number of aryl methyl sites for hydroxylation is 1. The van der Waals surface area contributed by atoms with Gasteiger partial charge in [-0.1, -0.05) is 11.6 Å². The summed E-state index contributed by atoms with van der Waals surface area (Å²) in [5.41, 5.74) is 3.42. The predicted molar refractivity (Wildman–Crippen MR) is 86.7 cm³/mol. The van der Waals surface area contributed by atoms with Gasteiger partial charge in [0.25, 0.3) is 10.0 Å². The van der Waals surface area contributed by atoms with Gasteiger partial charge in [0.15, 0.2) is 5.82 Å². The molecule has 0 spiro atoms. The fourth-order valence-corrected chi connectivity index (χ4v) is 3.68. The topological polar surface area (TPSA) is 97.1 Å². The second kappa shape index (κ2) is 6.18. The number of nitrogens with one attached hydrogen (secondary N) is 2. The summed E-state index contributed by atoms with van der Waals surface area (Å²) in [6, 6.07) is 6.16. The van der Waals surface area contributed by atoms with E-state index in [-0.39, 0.29) is 10.7 Å². The van der Waals surface area contributed by atoms with Gasteiger partial charge < -0.3 is 5.43 Å². The number of rotatable bonds is 4. The van der Waals surface area contributed by atoms with Crippen LogP contribution in [0.25, 0.3) is 0 Å². The van der Waals surface area contributed by atoms with Crippen LogP contribution < -0.4 is 16.0 Å². The molecule has 2 aromatic rings. The zero-order valence-electron chi connectivity index (χ0n) is 10.9. The molecule has 0 saturated heterocycles. The molecule has 0 fully saturated rings. The van der Waals surface area contributed by atoms with Gasteiger partial charge in [-0.05, 0) is 52.7 Å². The Morgan fingerprint density at radius 2 is 2.10 bits per heavy atom. The van der Waals surface area contributed by atoms with Crippen molar-refractivity contribution in [2.24, 2.45) is 5.84 Å². The van der Waals surface area contributed by atoms with Gasteiger partial charge in [0.1, 0.15) is 4.90 Å². The number of pyridine rings is 1. The van der Waals surface area contributed by atoms with Gasteiger partial charge in [-0.3, -0.25) is 4.72 Å². The van der Waals surface area contributed by atoms with E-state index in [1.807, 2.05) is 6.92 Å². The zero-order chi connectivity index (χ0) is 15.6. The van der Waals surface area contributed by atoms with E-state index in [4.69, 9.17) is 17.4 Å². The lowest BCUT2D eigenvalue weighted by molar-refractivity contribution is 0.601. The number of hydrazine groups is 1. The first-order valence-corrected chi connectivity index (χ1v) is 8.40. The van der Waals surface area contributed by atoms with E-state index in [1.165, 1.54) is 24.4 Å². The number of benzene rings is 1. The van der Waals surface area contributed by atoms with Crippen LogP contribution in [0.1, 0.15) is 5.56 Å². The molecule has 0 unspecified atom stereocenters. The smallest absolute Gasteiger partial charge is 0.265 e. The molecule has 0 aliphatic heterocycles. The SMILES string of the molecule is Cc1cc(Br)c(NS(=O)(=O)c2cccnc2NN)cc1Cl. The van der Waals surface area contributed by atoms with Gasteiger partial charge in [0.05, 0.1) is 5.69 Å². The molecule has 0 aliphatic rings. The molecule has 1 aromatic carbocycles. The Labute approximate surface area is 135 Å². The third kappa shape index (κ3) is 3.46. The highest BCUT2D eigenvalue weighted by Gasteiger charge is 2.20. The van der Waals surface area contributed by atoms with Gasteiger partial charge in [-0.25, -0.2) is 19.2 Å². The average molecular weight is 392 g/mol. The van der Waals surface area contributed by atoms with E-state index in [9.17, 15) is 8.42 Å². The number of sulfonamides is 1. The fraction of sp³-hybridized carbons (Fsp3) is 0.0833. The zero-order valence-corrected chi connectivity index (χ0v) is 14.1. The van der Waals surface area contributed by atoms with Crippen molar-refractivity contribution in [3.05, 3.63) is 45.5 Å². The summed E-state index contributed by atoms with van der Waals surface area (Å²) in [4.78, 5) is 3.81. The fourth-order valence-electron chi connectivity index (χ4n) is 1.64. The normalized spacial score (nSPS) is 11.2. The number of nitrogens with two attached hydrogens (primary N) is 1.